The molecule has 2 aromatic carbocycles. The summed E-state index contributed by atoms with van der Waals surface area (Å²) in [5.41, 5.74) is 5.28. The second-order valence-corrected chi connectivity index (χ2v) is 12.8. The van der Waals surface area contributed by atoms with Crippen LogP contribution >= 0.6 is 7.75 Å². The number of carbonyl (C=O) groups is 1. The second-order valence-electron chi connectivity index (χ2n) is 11.1. The van der Waals surface area contributed by atoms with Crippen molar-refractivity contribution < 1.29 is 33.0 Å². The van der Waals surface area contributed by atoms with Crippen LogP contribution in [0.4, 0.5) is 5.82 Å². The van der Waals surface area contributed by atoms with Crippen molar-refractivity contribution >= 4 is 41.5 Å². The zero-order valence-electron chi connectivity index (χ0n) is 25.4. The molecule has 0 radical (unpaired) electrons. The SMILES string of the molecule is CCOCc1nc2c(N)nc3ccccc3c2n1C(O)(CC)COP(=O)(N[C@@H](C)C(=O)OC(C)(C)C)Oc1ccccc1. The predicted molar refractivity (Wildman–Crippen MR) is 164 cm³/mol. The minimum absolute atomic E-state index is 0.0629. The van der Waals surface area contributed by atoms with Gasteiger partial charge in [0.1, 0.15) is 41.9 Å². The summed E-state index contributed by atoms with van der Waals surface area (Å²) in [4.78, 5) is 21.9. The number of benzene rings is 2. The van der Waals surface area contributed by atoms with Crippen molar-refractivity contribution in [3.63, 3.8) is 0 Å². The zero-order chi connectivity index (χ0) is 31.4. The van der Waals surface area contributed by atoms with E-state index in [2.05, 4.69) is 15.1 Å². The number of nitrogens with two attached hydrogens (primary N) is 1. The number of nitrogens with zero attached hydrogens (tertiary/aromatic N) is 3. The molecule has 2 heterocycles. The summed E-state index contributed by atoms with van der Waals surface area (Å²) in [7, 11) is -4.30. The summed E-state index contributed by atoms with van der Waals surface area (Å²) < 4.78 is 38.7. The number of nitrogens with one attached hydrogen (secondary N) is 1. The number of hydrogen-bond donors (Lipinski definition) is 3. The van der Waals surface area contributed by atoms with Crippen molar-refractivity contribution in [1.29, 1.82) is 0 Å². The van der Waals surface area contributed by atoms with Crippen LogP contribution in [0.1, 0.15) is 53.8 Å². The zero-order valence-corrected chi connectivity index (χ0v) is 26.3. The van der Waals surface area contributed by atoms with Gasteiger partial charge in [-0.1, -0.05) is 43.3 Å². The Bertz CT molecular complexity index is 1620. The van der Waals surface area contributed by atoms with Gasteiger partial charge < -0.3 is 24.8 Å². The Morgan fingerprint density at radius 3 is 2.42 bits per heavy atom. The van der Waals surface area contributed by atoms with Crippen LogP contribution in [0, 0.1) is 0 Å². The molecule has 3 atom stereocenters. The Morgan fingerprint density at radius 2 is 1.77 bits per heavy atom. The number of para-hydroxylation sites is 2. The number of fused-ring (bicyclic) bond motifs is 3. The minimum atomic E-state index is -4.30. The molecule has 0 saturated carbocycles. The molecule has 4 rings (SSSR count). The first-order valence-corrected chi connectivity index (χ1v) is 15.7. The number of ether oxygens (including phenoxy) is 2. The summed E-state index contributed by atoms with van der Waals surface area (Å²) in [6, 6.07) is 14.7. The molecule has 0 aliphatic rings. The number of carbonyl (C=O) groups excluding carboxylic acids is 1. The molecule has 2 aromatic heterocycles. The van der Waals surface area contributed by atoms with Gasteiger partial charge in [-0.2, -0.15) is 5.09 Å². The third-order valence-electron chi connectivity index (χ3n) is 6.55. The van der Waals surface area contributed by atoms with Crippen LogP contribution in [0.3, 0.4) is 0 Å². The van der Waals surface area contributed by atoms with Crippen LogP contribution in [-0.4, -0.2) is 50.5 Å². The van der Waals surface area contributed by atoms with E-state index in [1.807, 2.05) is 31.2 Å². The van der Waals surface area contributed by atoms with Gasteiger partial charge in [-0.25, -0.2) is 14.5 Å². The summed E-state index contributed by atoms with van der Waals surface area (Å²) in [5, 5.41) is 15.6. The predicted octanol–water partition coefficient (Wildman–Crippen LogP) is 5.28. The first-order chi connectivity index (χ1) is 20.3. The lowest BCUT2D eigenvalue weighted by atomic mass is 10.1. The Balaban J connectivity index is 1.77. The highest BCUT2D eigenvalue weighted by Crippen LogP contribution is 2.47. The van der Waals surface area contributed by atoms with E-state index in [-0.39, 0.29) is 24.6 Å². The van der Waals surface area contributed by atoms with Gasteiger partial charge in [-0.15, -0.1) is 0 Å². The number of anilines is 1. The van der Waals surface area contributed by atoms with Crippen LogP contribution < -0.4 is 15.3 Å². The van der Waals surface area contributed by atoms with Gasteiger partial charge in [0.25, 0.3) is 0 Å². The monoisotopic (exact) mass is 613 g/mol. The number of rotatable bonds is 13. The van der Waals surface area contributed by atoms with E-state index in [4.69, 9.17) is 24.3 Å². The number of nitrogen functional groups attached to an aromatic ring is 1. The van der Waals surface area contributed by atoms with Crippen molar-refractivity contribution in [2.75, 3.05) is 18.9 Å². The van der Waals surface area contributed by atoms with E-state index in [0.29, 0.717) is 34.4 Å². The van der Waals surface area contributed by atoms with E-state index in [9.17, 15) is 14.5 Å². The lowest BCUT2D eigenvalue weighted by Gasteiger charge is -2.33. The highest BCUT2D eigenvalue weighted by atomic mass is 31.2. The van der Waals surface area contributed by atoms with Gasteiger partial charge in [0.15, 0.2) is 11.5 Å². The van der Waals surface area contributed by atoms with Crippen LogP contribution in [-0.2, 0) is 35.7 Å². The molecule has 4 N–H and O–H groups in total. The maximum absolute atomic E-state index is 14.2. The number of aromatic nitrogens is 3. The van der Waals surface area contributed by atoms with Gasteiger partial charge in [-0.05, 0) is 59.2 Å². The Kier molecular flexibility index (Phi) is 9.78. The van der Waals surface area contributed by atoms with Crippen LogP contribution in [0.25, 0.3) is 21.9 Å². The van der Waals surface area contributed by atoms with Crippen LogP contribution in [0.2, 0.25) is 0 Å². The lowest BCUT2D eigenvalue weighted by molar-refractivity contribution is -0.156. The summed E-state index contributed by atoms with van der Waals surface area (Å²) >= 11 is 0. The Hall–Kier alpha value is -3.54. The van der Waals surface area contributed by atoms with E-state index >= 15 is 0 Å². The van der Waals surface area contributed by atoms with E-state index < -0.39 is 37.7 Å². The summed E-state index contributed by atoms with van der Waals surface area (Å²) in [5.74, 6) is 0.163. The standard InChI is InChI=1S/C30H40N5O7P/c1-7-30(37,35-24(18-39-8-2)33-25-26(35)22-16-12-13-17-23(22)32-27(25)31)19-40-43(38,42-21-14-10-9-11-15-21)34-20(3)28(36)41-29(4,5)6/h9-17,20,37H,7-8,18-19H2,1-6H3,(H2,31,32)(H,34,38)/t20-,30?,43?/m0/s1. The van der Waals surface area contributed by atoms with E-state index in [0.717, 1.165) is 0 Å². The fraction of sp³-hybridized carbons (Fsp3) is 0.433. The second kappa shape index (κ2) is 13.0. The normalized spacial score (nSPS) is 15.6. The van der Waals surface area contributed by atoms with Crippen molar-refractivity contribution in [3.8, 4) is 5.75 Å². The largest absolute Gasteiger partial charge is 0.459 e. The molecule has 13 heteroatoms. The van der Waals surface area contributed by atoms with Gasteiger partial charge >= 0.3 is 13.7 Å². The molecule has 0 amide bonds. The summed E-state index contributed by atoms with van der Waals surface area (Å²) in [6.45, 7) is 10.3. The molecule has 43 heavy (non-hydrogen) atoms. The quantitative estimate of drug-likeness (QED) is 0.133. The van der Waals surface area contributed by atoms with Crippen molar-refractivity contribution in [1.82, 2.24) is 19.6 Å². The molecular formula is C30H40N5O7P. The Labute approximate surface area is 251 Å². The van der Waals surface area contributed by atoms with Gasteiger partial charge in [0.2, 0.25) is 0 Å². The number of hydrogen-bond acceptors (Lipinski definition) is 10. The summed E-state index contributed by atoms with van der Waals surface area (Å²) in [6.07, 6.45) is 0.112. The average Bonchev–Trinajstić information content (AvgIpc) is 3.36. The smallest absolute Gasteiger partial charge is 0.459 e. The van der Waals surface area contributed by atoms with Crippen LogP contribution in [0.15, 0.2) is 54.6 Å². The van der Waals surface area contributed by atoms with E-state index in [1.165, 1.54) is 6.92 Å². The highest BCUT2D eigenvalue weighted by Gasteiger charge is 2.40. The van der Waals surface area contributed by atoms with Gasteiger partial charge in [0.05, 0.1) is 11.0 Å². The maximum atomic E-state index is 14.2. The fourth-order valence-electron chi connectivity index (χ4n) is 4.49. The molecule has 0 saturated heterocycles. The number of esters is 1. The van der Waals surface area contributed by atoms with Crippen LogP contribution in [0.5, 0.6) is 5.75 Å². The number of aliphatic hydroxyl groups is 1. The number of pyridine rings is 1. The highest BCUT2D eigenvalue weighted by molar-refractivity contribution is 7.52. The molecule has 232 valence electrons. The third kappa shape index (κ3) is 7.52. The Morgan fingerprint density at radius 1 is 1.09 bits per heavy atom. The van der Waals surface area contributed by atoms with Gasteiger partial charge in [-0.3, -0.25) is 13.9 Å². The molecule has 0 aliphatic heterocycles. The van der Waals surface area contributed by atoms with Gasteiger partial charge in [0, 0.05) is 12.0 Å². The molecular weight excluding hydrogens is 573 g/mol. The third-order valence-corrected chi connectivity index (χ3v) is 8.18. The molecule has 2 unspecified atom stereocenters. The molecule has 0 bridgehead atoms. The van der Waals surface area contributed by atoms with Crippen molar-refractivity contribution in [3.05, 3.63) is 60.4 Å². The molecule has 0 fully saturated rings. The first-order valence-electron chi connectivity index (χ1n) is 14.1. The van der Waals surface area contributed by atoms with Crippen molar-refractivity contribution in [2.45, 2.75) is 71.9 Å². The van der Waals surface area contributed by atoms with Crippen molar-refractivity contribution in [2.24, 2.45) is 0 Å². The molecule has 4 aromatic rings. The lowest BCUT2D eigenvalue weighted by Crippen LogP contribution is -2.42. The number of imidazole rings is 1. The first kappa shape index (κ1) is 32.4. The topological polar surface area (TPSA) is 160 Å². The maximum Gasteiger partial charge on any atom is 0.459 e. The fourth-order valence-corrected chi connectivity index (χ4v) is 6.03. The average molecular weight is 614 g/mol. The minimum Gasteiger partial charge on any atom is -0.459 e. The van der Waals surface area contributed by atoms with E-state index in [1.54, 1.807) is 62.6 Å². The molecule has 0 spiro atoms. The molecule has 0 aliphatic carbocycles. The molecule has 12 nitrogen and oxygen atoms in total.